The number of hydrogen-bond donors (Lipinski definition) is 2. The van der Waals surface area contributed by atoms with Crippen LogP contribution in [0.5, 0.6) is 11.5 Å². The van der Waals surface area contributed by atoms with Gasteiger partial charge in [-0.25, -0.2) is 0 Å². The Labute approximate surface area is 141 Å². The third-order valence-electron chi connectivity index (χ3n) is 4.13. The van der Waals surface area contributed by atoms with Gasteiger partial charge in [0.15, 0.2) is 11.5 Å². The second-order valence-electron chi connectivity index (χ2n) is 6.34. The minimum atomic E-state index is -0.440. The Morgan fingerprint density at radius 1 is 1.21 bits per heavy atom. The number of ether oxygens (including phenoxy) is 1. The molecular weight excluding hydrogens is 304 g/mol. The first-order valence-corrected chi connectivity index (χ1v) is 8.05. The van der Waals surface area contributed by atoms with Gasteiger partial charge >= 0.3 is 0 Å². The van der Waals surface area contributed by atoms with Crippen molar-refractivity contribution >= 4 is 11.6 Å². The molecule has 1 heterocycles. The number of fused-ring (bicyclic) bond motifs is 1. The Hall–Kier alpha value is -2.69. The number of benzene rings is 2. The highest BCUT2D eigenvalue weighted by molar-refractivity contribution is 6.01. The first kappa shape index (κ1) is 16.2. The summed E-state index contributed by atoms with van der Waals surface area (Å²) in [4.78, 5) is 14.7. The normalized spacial score (nSPS) is 16.8. The van der Waals surface area contributed by atoms with Crippen molar-refractivity contribution in [3.05, 3.63) is 53.6 Å². The van der Waals surface area contributed by atoms with Crippen LogP contribution in [0.3, 0.4) is 0 Å². The largest absolute Gasteiger partial charge is 0.504 e. The molecule has 0 bridgehead atoms. The lowest BCUT2D eigenvalue weighted by Crippen LogP contribution is -2.44. The molecule has 0 fully saturated rings. The molecule has 24 heavy (non-hydrogen) atoms. The Balaban J connectivity index is 2.09. The predicted molar refractivity (Wildman–Crippen MR) is 93.3 cm³/mol. The summed E-state index contributed by atoms with van der Waals surface area (Å²) in [6.45, 7) is 4.72. The molecule has 0 spiro atoms. The Bertz CT molecular complexity index is 758. The van der Waals surface area contributed by atoms with Crippen LogP contribution in [0.4, 0.5) is 5.69 Å². The van der Waals surface area contributed by atoms with Crippen molar-refractivity contribution in [2.45, 2.75) is 20.0 Å². The first-order chi connectivity index (χ1) is 11.5. The molecule has 1 aliphatic rings. The van der Waals surface area contributed by atoms with Gasteiger partial charge < -0.3 is 20.1 Å². The van der Waals surface area contributed by atoms with Crippen molar-refractivity contribution in [2.24, 2.45) is 5.92 Å². The summed E-state index contributed by atoms with van der Waals surface area (Å²) in [5.74, 6) is 0.713. The van der Waals surface area contributed by atoms with Crippen molar-refractivity contribution < 1.29 is 14.6 Å². The van der Waals surface area contributed by atoms with Gasteiger partial charge in [-0.1, -0.05) is 38.1 Å². The second-order valence-corrected chi connectivity index (χ2v) is 6.34. The molecule has 0 aliphatic carbocycles. The van der Waals surface area contributed by atoms with E-state index in [-0.39, 0.29) is 11.7 Å². The number of nitrogens with zero attached hydrogens (tertiary/aromatic N) is 1. The van der Waals surface area contributed by atoms with E-state index < -0.39 is 6.17 Å². The molecule has 3 rings (SSSR count). The molecule has 2 aromatic rings. The standard InChI is InChI=1S/C19H22N2O3/c1-12(2)11-21-18(14-8-6-10-16(24-3)17(14)22)20-15-9-5-4-7-13(15)19(21)23/h4-10,12,18,20,22H,11H2,1-3H3/t18-/m1/s1. The van der Waals surface area contributed by atoms with Crippen LogP contribution in [0.2, 0.25) is 0 Å². The molecule has 2 aromatic carbocycles. The first-order valence-electron chi connectivity index (χ1n) is 8.05. The number of methoxy groups -OCH3 is 1. The third-order valence-corrected chi connectivity index (χ3v) is 4.13. The van der Waals surface area contributed by atoms with Crippen LogP contribution in [-0.2, 0) is 0 Å². The zero-order valence-electron chi connectivity index (χ0n) is 14.1. The van der Waals surface area contributed by atoms with Crippen molar-refractivity contribution in [2.75, 3.05) is 19.0 Å². The van der Waals surface area contributed by atoms with E-state index in [1.807, 2.05) is 36.4 Å². The van der Waals surface area contributed by atoms with Gasteiger partial charge in [-0.2, -0.15) is 0 Å². The van der Waals surface area contributed by atoms with Crippen molar-refractivity contribution in [1.29, 1.82) is 0 Å². The monoisotopic (exact) mass is 326 g/mol. The lowest BCUT2D eigenvalue weighted by Gasteiger charge is -2.39. The van der Waals surface area contributed by atoms with Crippen LogP contribution in [-0.4, -0.2) is 29.6 Å². The lowest BCUT2D eigenvalue weighted by atomic mass is 10.0. The Morgan fingerprint density at radius 2 is 1.96 bits per heavy atom. The minimum Gasteiger partial charge on any atom is -0.504 e. The van der Waals surface area contributed by atoms with E-state index in [0.717, 1.165) is 5.69 Å². The molecule has 126 valence electrons. The van der Waals surface area contributed by atoms with Gasteiger partial charge in [-0.15, -0.1) is 0 Å². The maximum absolute atomic E-state index is 13.0. The number of phenols is 1. The van der Waals surface area contributed by atoms with Crippen LogP contribution < -0.4 is 10.1 Å². The lowest BCUT2D eigenvalue weighted by molar-refractivity contribution is 0.0655. The number of anilines is 1. The number of nitrogens with one attached hydrogen (secondary N) is 1. The van der Waals surface area contributed by atoms with Crippen LogP contribution in [0.1, 0.15) is 35.9 Å². The molecule has 5 heteroatoms. The van der Waals surface area contributed by atoms with Crippen molar-refractivity contribution in [1.82, 2.24) is 4.90 Å². The number of para-hydroxylation sites is 2. The van der Waals surface area contributed by atoms with Crippen molar-refractivity contribution in [3.63, 3.8) is 0 Å². The second kappa shape index (κ2) is 6.43. The van der Waals surface area contributed by atoms with E-state index in [1.165, 1.54) is 7.11 Å². The van der Waals surface area contributed by atoms with Crippen LogP contribution >= 0.6 is 0 Å². The summed E-state index contributed by atoms with van der Waals surface area (Å²) in [6.07, 6.45) is -0.440. The molecular formula is C19H22N2O3. The average Bonchev–Trinajstić information content (AvgIpc) is 2.57. The summed E-state index contributed by atoms with van der Waals surface area (Å²) >= 11 is 0. The maximum atomic E-state index is 13.0. The fraction of sp³-hybridized carbons (Fsp3) is 0.316. The number of aromatic hydroxyl groups is 1. The van der Waals surface area contributed by atoms with Gasteiger partial charge in [0, 0.05) is 17.8 Å². The highest BCUT2D eigenvalue weighted by atomic mass is 16.5. The number of carbonyl (C=O) groups excluding carboxylic acids is 1. The number of rotatable bonds is 4. The third kappa shape index (κ3) is 2.77. The van der Waals surface area contributed by atoms with Gasteiger partial charge in [-0.05, 0) is 24.1 Å². The predicted octanol–water partition coefficient (Wildman–Crippen LogP) is 3.62. The van der Waals surface area contributed by atoms with E-state index in [1.54, 1.807) is 11.0 Å². The zero-order valence-corrected chi connectivity index (χ0v) is 14.1. The van der Waals surface area contributed by atoms with Crippen LogP contribution in [0.25, 0.3) is 0 Å². The van der Waals surface area contributed by atoms with E-state index in [0.29, 0.717) is 29.3 Å². The van der Waals surface area contributed by atoms with Crippen molar-refractivity contribution in [3.8, 4) is 11.5 Å². The number of amides is 1. The van der Waals surface area contributed by atoms with Gasteiger partial charge in [0.1, 0.15) is 6.17 Å². The summed E-state index contributed by atoms with van der Waals surface area (Å²) in [7, 11) is 1.51. The molecule has 1 atom stereocenters. The fourth-order valence-corrected chi connectivity index (χ4v) is 3.04. The molecule has 2 N–H and O–H groups in total. The molecule has 5 nitrogen and oxygen atoms in total. The molecule has 0 saturated heterocycles. The van der Waals surface area contributed by atoms with Crippen LogP contribution in [0.15, 0.2) is 42.5 Å². The average molecular weight is 326 g/mol. The summed E-state index contributed by atoms with van der Waals surface area (Å²) in [6, 6.07) is 12.8. The topological polar surface area (TPSA) is 61.8 Å². The molecule has 1 aliphatic heterocycles. The van der Waals surface area contributed by atoms with Gasteiger partial charge in [-0.3, -0.25) is 4.79 Å². The highest BCUT2D eigenvalue weighted by Crippen LogP contribution is 2.40. The number of hydrogen-bond acceptors (Lipinski definition) is 4. The zero-order chi connectivity index (χ0) is 17.3. The van der Waals surface area contributed by atoms with E-state index >= 15 is 0 Å². The molecule has 1 amide bonds. The summed E-state index contributed by atoms with van der Waals surface area (Å²) in [5, 5.41) is 13.9. The number of phenolic OH excluding ortho intramolecular Hbond substituents is 1. The Kier molecular flexibility index (Phi) is 4.34. The number of carbonyl (C=O) groups is 1. The van der Waals surface area contributed by atoms with Gasteiger partial charge in [0.2, 0.25) is 0 Å². The molecule has 0 aromatic heterocycles. The van der Waals surface area contributed by atoms with E-state index in [9.17, 15) is 9.90 Å². The highest BCUT2D eigenvalue weighted by Gasteiger charge is 2.34. The minimum absolute atomic E-state index is 0.0368. The van der Waals surface area contributed by atoms with Gasteiger partial charge in [0.25, 0.3) is 5.91 Å². The van der Waals surface area contributed by atoms with Gasteiger partial charge in [0.05, 0.1) is 12.7 Å². The van der Waals surface area contributed by atoms with Crippen LogP contribution in [0, 0.1) is 5.92 Å². The van der Waals surface area contributed by atoms with E-state index in [4.69, 9.17) is 4.74 Å². The van der Waals surface area contributed by atoms with E-state index in [2.05, 4.69) is 19.2 Å². The fourth-order valence-electron chi connectivity index (χ4n) is 3.04. The SMILES string of the molecule is COc1cccc([C@@H]2Nc3ccccc3C(=O)N2CC(C)C)c1O. The molecule has 0 radical (unpaired) electrons. The molecule has 0 saturated carbocycles. The summed E-state index contributed by atoms with van der Waals surface area (Å²) in [5.41, 5.74) is 2.05. The molecule has 0 unspecified atom stereocenters. The summed E-state index contributed by atoms with van der Waals surface area (Å²) < 4.78 is 5.21. The Morgan fingerprint density at radius 3 is 2.67 bits per heavy atom. The maximum Gasteiger partial charge on any atom is 0.257 e. The quantitative estimate of drug-likeness (QED) is 0.901. The smallest absolute Gasteiger partial charge is 0.257 e.